The topological polar surface area (TPSA) is 67.7 Å². The van der Waals surface area contributed by atoms with Gasteiger partial charge in [-0.25, -0.2) is 0 Å². The van der Waals surface area contributed by atoms with Crippen molar-refractivity contribution in [2.45, 2.75) is 19.9 Å². The van der Waals surface area contributed by atoms with Gasteiger partial charge < -0.3 is 15.4 Å². The van der Waals surface area contributed by atoms with Crippen LogP contribution in [0.3, 0.4) is 0 Å². The van der Waals surface area contributed by atoms with Crippen molar-refractivity contribution in [2.24, 2.45) is 0 Å². The van der Waals surface area contributed by atoms with E-state index in [4.69, 9.17) is 4.74 Å². The Morgan fingerprint density at radius 2 is 2.42 bits per heavy atom. The van der Waals surface area contributed by atoms with E-state index in [1.165, 1.54) is 0 Å². The number of nitrogens with one attached hydrogen (secondary N) is 2. The second kappa shape index (κ2) is 6.53. The number of hydrogen-bond donors (Lipinski definition) is 2. The summed E-state index contributed by atoms with van der Waals surface area (Å²) in [6, 6.07) is 0. The van der Waals surface area contributed by atoms with Gasteiger partial charge >= 0.3 is 0 Å². The molecule has 0 saturated carbocycles. The van der Waals surface area contributed by atoms with Crippen LogP contribution in [0.15, 0.2) is 11.6 Å². The third kappa shape index (κ3) is 3.24. The molecule has 0 aliphatic rings. The summed E-state index contributed by atoms with van der Waals surface area (Å²) in [5.41, 5.74) is 0.932. The zero-order valence-electron chi connectivity index (χ0n) is 11.1. The lowest BCUT2D eigenvalue weighted by Gasteiger charge is -2.06. The molecule has 19 heavy (non-hydrogen) atoms. The zero-order chi connectivity index (χ0) is 13.7. The minimum atomic E-state index is 0.00638. The Morgan fingerprint density at radius 1 is 1.58 bits per heavy atom. The summed E-state index contributed by atoms with van der Waals surface area (Å²) in [5.74, 6) is 0.611. The van der Waals surface area contributed by atoms with Crippen molar-refractivity contribution in [2.75, 3.05) is 20.2 Å². The molecular formula is C12H18N4O2S. The molecule has 0 bridgehead atoms. The highest BCUT2D eigenvalue weighted by Crippen LogP contribution is 2.22. The minimum absolute atomic E-state index is 0.00638. The van der Waals surface area contributed by atoms with E-state index < -0.39 is 0 Å². The molecule has 104 valence electrons. The molecular weight excluding hydrogens is 264 g/mol. The largest absolute Gasteiger partial charge is 0.480 e. The Labute approximate surface area is 115 Å². The molecule has 1 amide bonds. The van der Waals surface area contributed by atoms with Gasteiger partial charge in [0.25, 0.3) is 0 Å². The molecule has 0 radical (unpaired) electrons. The third-order valence-electron chi connectivity index (χ3n) is 2.67. The quantitative estimate of drug-likeness (QED) is 0.795. The van der Waals surface area contributed by atoms with E-state index in [2.05, 4.69) is 15.6 Å². The van der Waals surface area contributed by atoms with Crippen molar-refractivity contribution in [1.29, 1.82) is 0 Å². The molecule has 0 spiro atoms. The SMILES string of the molecule is CCCNC(=O)CNCc1c(OC)nc2sccn12. The summed E-state index contributed by atoms with van der Waals surface area (Å²) in [4.78, 5) is 16.7. The molecule has 2 heterocycles. The lowest BCUT2D eigenvalue weighted by Crippen LogP contribution is -2.34. The van der Waals surface area contributed by atoms with E-state index in [-0.39, 0.29) is 5.91 Å². The predicted molar refractivity (Wildman–Crippen MR) is 74.6 cm³/mol. The van der Waals surface area contributed by atoms with Crippen LogP contribution in [-0.2, 0) is 11.3 Å². The van der Waals surface area contributed by atoms with E-state index in [0.29, 0.717) is 25.5 Å². The number of hydrogen-bond acceptors (Lipinski definition) is 5. The van der Waals surface area contributed by atoms with Crippen molar-refractivity contribution >= 4 is 22.2 Å². The van der Waals surface area contributed by atoms with Gasteiger partial charge in [0.15, 0.2) is 4.96 Å². The van der Waals surface area contributed by atoms with Gasteiger partial charge in [-0.15, -0.1) is 11.3 Å². The lowest BCUT2D eigenvalue weighted by atomic mass is 10.4. The van der Waals surface area contributed by atoms with Crippen molar-refractivity contribution in [3.05, 3.63) is 17.3 Å². The van der Waals surface area contributed by atoms with Crippen molar-refractivity contribution < 1.29 is 9.53 Å². The van der Waals surface area contributed by atoms with Crippen LogP contribution < -0.4 is 15.4 Å². The maximum atomic E-state index is 11.5. The van der Waals surface area contributed by atoms with Crippen molar-refractivity contribution in [1.82, 2.24) is 20.0 Å². The molecule has 2 rings (SSSR count). The van der Waals surface area contributed by atoms with Gasteiger partial charge in [0.1, 0.15) is 5.69 Å². The first-order valence-corrected chi connectivity index (χ1v) is 7.10. The standard InChI is InChI=1S/C12H18N4O2S/c1-3-4-14-10(17)8-13-7-9-11(18-2)15-12-16(9)5-6-19-12/h5-6,13H,3-4,7-8H2,1-2H3,(H,14,17). The summed E-state index contributed by atoms with van der Waals surface area (Å²) < 4.78 is 7.22. The van der Waals surface area contributed by atoms with Gasteiger partial charge in [0.05, 0.1) is 13.7 Å². The number of amides is 1. The highest BCUT2D eigenvalue weighted by atomic mass is 32.1. The number of imidazole rings is 1. The summed E-state index contributed by atoms with van der Waals surface area (Å²) in [7, 11) is 1.60. The fraction of sp³-hybridized carbons (Fsp3) is 0.500. The van der Waals surface area contributed by atoms with Crippen LogP contribution in [0.4, 0.5) is 0 Å². The van der Waals surface area contributed by atoms with E-state index in [1.807, 2.05) is 22.9 Å². The molecule has 0 aromatic carbocycles. The van der Waals surface area contributed by atoms with Crippen molar-refractivity contribution in [3.63, 3.8) is 0 Å². The van der Waals surface area contributed by atoms with E-state index in [1.54, 1.807) is 18.4 Å². The molecule has 2 aromatic heterocycles. The Hall–Kier alpha value is -1.60. The molecule has 0 unspecified atom stereocenters. The monoisotopic (exact) mass is 282 g/mol. The number of thiazole rings is 1. The van der Waals surface area contributed by atoms with Gasteiger partial charge in [0.2, 0.25) is 11.8 Å². The minimum Gasteiger partial charge on any atom is -0.480 e. The van der Waals surface area contributed by atoms with Crippen LogP contribution in [0.1, 0.15) is 19.0 Å². The van der Waals surface area contributed by atoms with Crippen LogP contribution in [0, 0.1) is 0 Å². The van der Waals surface area contributed by atoms with Gasteiger partial charge in [-0.2, -0.15) is 4.98 Å². The Morgan fingerprint density at radius 3 is 3.16 bits per heavy atom. The summed E-state index contributed by atoms with van der Waals surface area (Å²) in [6.45, 7) is 3.57. The van der Waals surface area contributed by atoms with Crippen LogP contribution in [0.25, 0.3) is 4.96 Å². The summed E-state index contributed by atoms with van der Waals surface area (Å²) >= 11 is 1.55. The number of methoxy groups -OCH3 is 1. The van der Waals surface area contributed by atoms with Crippen LogP contribution >= 0.6 is 11.3 Å². The Balaban J connectivity index is 1.93. The molecule has 2 N–H and O–H groups in total. The number of nitrogens with zero attached hydrogens (tertiary/aromatic N) is 2. The highest BCUT2D eigenvalue weighted by molar-refractivity contribution is 7.15. The molecule has 0 atom stereocenters. The predicted octanol–water partition coefficient (Wildman–Crippen LogP) is 1.02. The number of rotatable bonds is 7. The maximum Gasteiger partial charge on any atom is 0.237 e. The molecule has 2 aromatic rings. The average molecular weight is 282 g/mol. The van der Waals surface area contributed by atoms with Crippen LogP contribution in [0.5, 0.6) is 5.88 Å². The second-order valence-electron chi connectivity index (χ2n) is 4.08. The zero-order valence-corrected chi connectivity index (χ0v) is 11.9. The molecule has 6 nitrogen and oxygen atoms in total. The van der Waals surface area contributed by atoms with E-state index in [9.17, 15) is 4.79 Å². The first-order chi connectivity index (χ1) is 9.26. The van der Waals surface area contributed by atoms with Gasteiger partial charge in [-0.3, -0.25) is 9.20 Å². The van der Waals surface area contributed by atoms with E-state index >= 15 is 0 Å². The first kappa shape index (κ1) is 13.8. The number of ether oxygens (including phenoxy) is 1. The van der Waals surface area contributed by atoms with Crippen molar-refractivity contribution in [3.8, 4) is 5.88 Å². The molecule has 0 aliphatic carbocycles. The Bertz CT molecular complexity index is 549. The lowest BCUT2D eigenvalue weighted by molar-refractivity contribution is -0.120. The maximum absolute atomic E-state index is 11.5. The number of carbonyl (C=O) groups excluding carboxylic acids is 1. The fourth-order valence-electron chi connectivity index (χ4n) is 1.76. The number of fused-ring (bicyclic) bond motifs is 1. The smallest absolute Gasteiger partial charge is 0.237 e. The van der Waals surface area contributed by atoms with E-state index in [0.717, 1.165) is 17.1 Å². The summed E-state index contributed by atoms with van der Waals surface area (Å²) in [6.07, 6.45) is 2.89. The number of carbonyl (C=O) groups is 1. The summed E-state index contributed by atoms with van der Waals surface area (Å²) in [5, 5.41) is 7.90. The fourth-order valence-corrected chi connectivity index (χ4v) is 2.48. The molecule has 7 heteroatoms. The molecule has 0 fully saturated rings. The van der Waals surface area contributed by atoms with Crippen LogP contribution in [-0.4, -0.2) is 35.5 Å². The van der Waals surface area contributed by atoms with Gasteiger partial charge in [0, 0.05) is 24.7 Å². The second-order valence-corrected chi connectivity index (χ2v) is 4.95. The number of aromatic nitrogens is 2. The van der Waals surface area contributed by atoms with Gasteiger partial charge in [-0.1, -0.05) is 6.92 Å². The third-order valence-corrected chi connectivity index (χ3v) is 3.42. The highest BCUT2D eigenvalue weighted by Gasteiger charge is 2.13. The molecule has 0 saturated heterocycles. The first-order valence-electron chi connectivity index (χ1n) is 6.22. The van der Waals surface area contributed by atoms with Crippen LogP contribution in [0.2, 0.25) is 0 Å². The van der Waals surface area contributed by atoms with Gasteiger partial charge in [-0.05, 0) is 6.42 Å². The molecule has 0 aliphatic heterocycles. The Kier molecular flexibility index (Phi) is 4.75. The normalized spacial score (nSPS) is 10.8. The average Bonchev–Trinajstić information content (AvgIpc) is 2.98.